The molecule has 3 nitrogen and oxygen atoms in total. The minimum atomic E-state index is 0.0300. The number of amides is 1. The molecule has 1 amide bonds. The lowest BCUT2D eigenvalue weighted by atomic mass is 10.1. The maximum absolute atomic E-state index is 12.0. The van der Waals surface area contributed by atoms with Crippen LogP contribution in [0, 0.1) is 12.8 Å². The smallest absolute Gasteiger partial charge is 0.227 e. The predicted octanol–water partition coefficient (Wildman–Crippen LogP) is 2.71. The SMILES string of the molecule is Cc1ccc(NC(=O)C2CCC(N)C2)c(Cl)c1. The summed E-state index contributed by atoms with van der Waals surface area (Å²) < 4.78 is 0. The molecule has 2 atom stereocenters. The molecule has 17 heavy (non-hydrogen) atoms. The van der Waals surface area contributed by atoms with Crippen LogP contribution < -0.4 is 11.1 Å². The fraction of sp³-hybridized carbons (Fsp3) is 0.462. The molecule has 0 saturated heterocycles. The molecule has 0 aliphatic heterocycles. The van der Waals surface area contributed by atoms with Gasteiger partial charge in [-0.3, -0.25) is 4.79 Å². The van der Waals surface area contributed by atoms with E-state index < -0.39 is 0 Å². The van der Waals surface area contributed by atoms with Crippen LogP contribution in [0.2, 0.25) is 5.02 Å². The number of carbonyl (C=O) groups excluding carboxylic acids is 1. The van der Waals surface area contributed by atoms with Crippen molar-refractivity contribution in [2.75, 3.05) is 5.32 Å². The van der Waals surface area contributed by atoms with E-state index in [1.807, 2.05) is 25.1 Å². The number of aryl methyl sites for hydroxylation is 1. The van der Waals surface area contributed by atoms with E-state index in [0.29, 0.717) is 10.7 Å². The van der Waals surface area contributed by atoms with Crippen LogP contribution in [0.4, 0.5) is 5.69 Å². The van der Waals surface area contributed by atoms with E-state index >= 15 is 0 Å². The third kappa shape index (κ3) is 2.99. The standard InChI is InChI=1S/C13H17ClN2O/c1-8-2-5-12(11(14)6-8)16-13(17)9-3-4-10(15)7-9/h2,5-6,9-10H,3-4,7,15H2,1H3,(H,16,17). The summed E-state index contributed by atoms with van der Waals surface area (Å²) in [6, 6.07) is 5.78. The van der Waals surface area contributed by atoms with Gasteiger partial charge in [0, 0.05) is 12.0 Å². The average Bonchev–Trinajstić information content (AvgIpc) is 2.69. The Labute approximate surface area is 106 Å². The van der Waals surface area contributed by atoms with E-state index in [4.69, 9.17) is 17.3 Å². The van der Waals surface area contributed by atoms with Crippen molar-refractivity contribution in [1.82, 2.24) is 0 Å². The van der Waals surface area contributed by atoms with E-state index in [2.05, 4.69) is 5.32 Å². The monoisotopic (exact) mass is 252 g/mol. The largest absolute Gasteiger partial charge is 0.328 e. The summed E-state index contributed by atoms with van der Waals surface area (Å²) in [5, 5.41) is 3.46. The van der Waals surface area contributed by atoms with Crippen molar-refractivity contribution >= 4 is 23.2 Å². The molecule has 4 heteroatoms. The minimum absolute atomic E-state index is 0.0300. The highest BCUT2D eigenvalue weighted by Gasteiger charge is 2.27. The summed E-state index contributed by atoms with van der Waals surface area (Å²) in [6.07, 6.45) is 2.57. The van der Waals surface area contributed by atoms with Crippen molar-refractivity contribution < 1.29 is 4.79 Å². The Bertz CT molecular complexity index is 433. The molecule has 1 aromatic rings. The normalized spacial score (nSPS) is 23.7. The Morgan fingerprint density at radius 3 is 2.82 bits per heavy atom. The second-order valence-corrected chi connectivity index (χ2v) is 5.15. The van der Waals surface area contributed by atoms with Crippen molar-refractivity contribution in [2.45, 2.75) is 32.2 Å². The summed E-state index contributed by atoms with van der Waals surface area (Å²) >= 11 is 6.07. The van der Waals surface area contributed by atoms with Crippen LogP contribution in [-0.2, 0) is 4.79 Å². The molecule has 0 heterocycles. The third-order valence-electron chi connectivity index (χ3n) is 3.23. The molecular formula is C13H17ClN2O. The Hall–Kier alpha value is -1.06. The van der Waals surface area contributed by atoms with Gasteiger partial charge in [-0.15, -0.1) is 0 Å². The molecule has 0 bridgehead atoms. The van der Waals surface area contributed by atoms with Crippen molar-refractivity contribution in [3.05, 3.63) is 28.8 Å². The summed E-state index contributed by atoms with van der Waals surface area (Å²) in [5.41, 5.74) is 7.56. The number of carbonyl (C=O) groups is 1. The van der Waals surface area contributed by atoms with Crippen LogP contribution >= 0.6 is 11.6 Å². The number of benzene rings is 1. The minimum Gasteiger partial charge on any atom is -0.328 e. The highest BCUT2D eigenvalue weighted by atomic mass is 35.5. The lowest BCUT2D eigenvalue weighted by Crippen LogP contribution is -2.23. The molecule has 0 aromatic heterocycles. The fourth-order valence-corrected chi connectivity index (χ4v) is 2.49. The van der Waals surface area contributed by atoms with E-state index in [1.54, 1.807) is 0 Å². The molecule has 1 aliphatic carbocycles. The van der Waals surface area contributed by atoms with E-state index in [1.165, 1.54) is 0 Å². The molecule has 1 aromatic carbocycles. The number of nitrogens with one attached hydrogen (secondary N) is 1. The highest BCUT2D eigenvalue weighted by Crippen LogP contribution is 2.28. The van der Waals surface area contributed by atoms with Crippen LogP contribution in [-0.4, -0.2) is 11.9 Å². The van der Waals surface area contributed by atoms with Gasteiger partial charge in [-0.25, -0.2) is 0 Å². The van der Waals surface area contributed by atoms with Gasteiger partial charge in [0.15, 0.2) is 0 Å². The molecule has 92 valence electrons. The maximum atomic E-state index is 12.0. The fourth-order valence-electron chi connectivity index (χ4n) is 2.21. The maximum Gasteiger partial charge on any atom is 0.227 e. The van der Waals surface area contributed by atoms with Gasteiger partial charge in [0.1, 0.15) is 0 Å². The summed E-state index contributed by atoms with van der Waals surface area (Å²) in [5.74, 6) is 0.0612. The molecule has 2 unspecified atom stereocenters. The summed E-state index contributed by atoms with van der Waals surface area (Å²) in [6.45, 7) is 1.97. The van der Waals surface area contributed by atoms with Crippen LogP contribution in [0.5, 0.6) is 0 Å². The first kappa shape index (κ1) is 12.4. The van der Waals surface area contributed by atoms with Gasteiger partial charge in [-0.05, 0) is 43.9 Å². The molecule has 3 N–H and O–H groups in total. The predicted molar refractivity (Wildman–Crippen MR) is 70.1 cm³/mol. The number of halogens is 1. The van der Waals surface area contributed by atoms with Crippen LogP contribution in [0.25, 0.3) is 0 Å². The Balaban J connectivity index is 2.03. The molecular weight excluding hydrogens is 236 g/mol. The van der Waals surface area contributed by atoms with Gasteiger partial charge < -0.3 is 11.1 Å². The molecule has 0 radical (unpaired) electrons. The average molecular weight is 253 g/mol. The number of rotatable bonds is 2. The first-order valence-corrected chi connectivity index (χ1v) is 6.26. The van der Waals surface area contributed by atoms with Gasteiger partial charge >= 0.3 is 0 Å². The Kier molecular flexibility index (Phi) is 3.69. The molecule has 1 fully saturated rings. The van der Waals surface area contributed by atoms with Crippen molar-refractivity contribution in [3.8, 4) is 0 Å². The molecule has 1 aliphatic rings. The van der Waals surface area contributed by atoms with Gasteiger partial charge in [-0.2, -0.15) is 0 Å². The van der Waals surface area contributed by atoms with Crippen LogP contribution in [0.15, 0.2) is 18.2 Å². The van der Waals surface area contributed by atoms with Crippen LogP contribution in [0.1, 0.15) is 24.8 Å². The van der Waals surface area contributed by atoms with E-state index in [9.17, 15) is 4.79 Å². The summed E-state index contributed by atoms with van der Waals surface area (Å²) in [7, 11) is 0. The zero-order valence-electron chi connectivity index (χ0n) is 9.87. The molecule has 2 rings (SSSR count). The zero-order chi connectivity index (χ0) is 12.4. The lowest BCUT2D eigenvalue weighted by molar-refractivity contribution is -0.119. The quantitative estimate of drug-likeness (QED) is 0.850. The highest BCUT2D eigenvalue weighted by molar-refractivity contribution is 6.33. The van der Waals surface area contributed by atoms with E-state index in [0.717, 1.165) is 24.8 Å². The van der Waals surface area contributed by atoms with Gasteiger partial charge in [0.2, 0.25) is 5.91 Å². The third-order valence-corrected chi connectivity index (χ3v) is 3.54. The molecule has 1 saturated carbocycles. The first-order valence-electron chi connectivity index (χ1n) is 5.89. The molecule has 0 spiro atoms. The van der Waals surface area contributed by atoms with Gasteiger partial charge in [-0.1, -0.05) is 17.7 Å². The van der Waals surface area contributed by atoms with Crippen molar-refractivity contribution in [3.63, 3.8) is 0 Å². The number of hydrogen-bond acceptors (Lipinski definition) is 2. The topological polar surface area (TPSA) is 55.1 Å². The first-order chi connectivity index (χ1) is 8.06. The second-order valence-electron chi connectivity index (χ2n) is 4.74. The Morgan fingerprint density at radius 2 is 2.24 bits per heavy atom. The second kappa shape index (κ2) is 5.07. The van der Waals surface area contributed by atoms with Crippen molar-refractivity contribution in [2.24, 2.45) is 11.7 Å². The van der Waals surface area contributed by atoms with Crippen LogP contribution in [0.3, 0.4) is 0 Å². The number of anilines is 1. The summed E-state index contributed by atoms with van der Waals surface area (Å²) in [4.78, 5) is 12.0. The zero-order valence-corrected chi connectivity index (χ0v) is 10.6. The number of nitrogens with two attached hydrogens (primary N) is 1. The van der Waals surface area contributed by atoms with Crippen molar-refractivity contribution in [1.29, 1.82) is 0 Å². The van der Waals surface area contributed by atoms with E-state index in [-0.39, 0.29) is 17.9 Å². The number of hydrogen-bond donors (Lipinski definition) is 2. The Morgan fingerprint density at radius 1 is 1.47 bits per heavy atom. The van der Waals surface area contributed by atoms with Gasteiger partial charge in [0.05, 0.1) is 10.7 Å². The van der Waals surface area contributed by atoms with Gasteiger partial charge in [0.25, 0.3) is 0 Å². The lowest BCUT2D eigenvalue weighted by Gasteiger charge is -2.12.